The van der Waals surface area contributed by atoms with E-state index in [1.54, 1.807) is 12.1 Å². The van der Waals surface area contributed by atoms with Crippen molar-refractivity contribution >= 4 is 0 Å². The van der Waals surface area contributed by atoms with Crippen molar-refractivity contribution in [3.05, 3.63) is 70.8 Å². The molecule has 0 saturated heterocycles. The van der Waals surface area contributed by atoms with Gasteiger partial charge in [-0.25, -0.2) is 0 Å². The van der Waals surface area contributed by atoms with Crippen molar-refractivity contribution in [1.82, 2.24) is 4.90 Å². The third-order valence-corrected chi connectivity index (χ3v) is 5.25. The Bertz CT molecular complexity index is 796. The molecule has 1 atom stereocenters. The molecule has 5 heteroatoms. The van der Waals surface area contributed by atoms with Gasteiger partial charge in [0.2, 0.25) is 0 Å². The third-order valence-electron chi connectivity index (χ3n) is 5.25. The molecule has 146 valence electrons. The van der Waals surface area contributed by atoms with E-state index in [4.69, 9.17) is 4.74 Å². The van der Waals surface area contributed by atoms with Crippen LogP contribution in [0.5, 0.6) is 0 Å². The highest BCUT2D eigenvalue weighted by Gasteiger charge is 2.49. The molecule has 1 aliphatic rings. The third kappa shape index (κ3) is 3.76. The lowest BCUT2D eigenvalue weighted by molar-refractivity contribution is -0.137. The van der Waals surface area contributed by atoms with E-state index in [-0.39, 0.29) is 0 Å². The van der Waals surface area contributed by atoms with Crippen molar-refractivity contribution in [2.45, 2.75) is 44.1 Å². The minimum atomic E-state index is -4.34. The van der Waals surface area contributed by atoms with Gasteiger partial charge in [0.05, 0.1) is 11.2 Å². The summed E-state index contributed by atoms with van der Waals surface area (Å²) in [7, 11) is 4.02. The topological polar surface area (TPSA) is 12.5 Å². The molecule has 2 aromatic carbocycles. The summed E-state index contributed by atoms with van der Waals surface area (Å²) in [5.74, 6) is 0. The van der Waals surface area contributed by atoms with E-state index in [9.17, 15) is 13.2 Å². The average molecular weight is 377 g/mol. The Kier molecular flexibility index (Phi) is 5.12. The zero-order chi connectivity index (χ0) is 19.9. The average Bonchev–Trinajstić information content (AvgIpc) is 2.83. The van der Waals surface area contributed by atoms with Crippen molar-refractivity contribution < 1.29 is 17.9 Å². The van der Waals surface area contributed by atoms with Gasteiger partial charge in [0.15, 0.2) is 0 Å². The summed E-state index contributed by atoms with van der Waals surface area (Å²) in [4.78, 5) is 2.10. The maximum atomic E-state index is 13.0. The Hall–Kier alpha value is -1.85. The fourth-order valence-electron chi connectivity index (χ4n) is 4.02. The molecule has 27 heavy (non-hydrogen) atoms. The highest BCUT2D eigenvalue weighted by molar-refractivity contribution is 5.48. The predicted octanol–water partition coefficient (Wildman–Crippen LogP) is 5.56. The van der Waals surface area contributed by atoms with Crippen LogP contribution in [0.3, 0.4) is 0 Å². The molecule has 0 fully saturated rings. The van der Waals surface area contributed by atoms with Crippen LogP contribution >= 0.6 is 0 Å². The number of fused-ring (bicyclic) bond motifs is 1. The molecule has 1 unspecified atom stereocenters. The van der Waals surface area contributed by atoms with Gasteiger partial charge >= 0.3 is 6.18 Å². The zero-order valence-electron chi connectivity index (χ0n) is 16.2. The summed E-state index contributed by atoms with van der Waals surface area (Å²) in [6.45, 7) is 4.92. The molecule has 0 N–H and O–H groups in total. The second-order valence-corrected chi connectivity index (χ2v) is 7.97. The number of rotatable bonds is 5. The lowest BCUT2D eigenvalue weighted by Gasteiger charge is -2.34. The summed E-state index contributed by atoms with van der Waals surface area (Å²) in [6, 6.07) is 13.5. The highest BCUT2D eigenvalue weighted by Crippen LogP contribution is 2.52. The first-order valence-electron chi connectivity index (χ1n) is 9.19. The standard InChI is InChI=1S/C22H26F3NO/c1-20(2)18-8-5-6-9-19(18)21(27-20,14-7-15-26(3)4)16-10-12-17(13-11-16)22(23,24)25/h5-6,8-13H,7,14-15H2,1-4H3. The molecule has 0 saturated carbocycles. The molecule has 0 radical (unpaired) electrons. The molecule has 3 rings (SSSR count). The summed E-state index contributed by atoms with van der Waals surface area (Å²) in [5, 5.41) is 0. The largest absolute Gasteiger partial charge is 0.416 e. The van der Waals surface area contributed by atoms with Crippen LogP contribution in [-0.2, 0) is 22.1 Å². The number of benzene rings is 2. The Morgan fingerprint density at radius 1 is 0.926 bits per heavy atom. The first-order valence-corrected chi connectivity index (χ1v) is 9.19. The number of nitrogens with zero attached hydrogens (tertiary/aromatic N) is 1. The first-order chi connectivity index (χ1) is 12.6. The zero-order valence-corrected chi connectivity index (χ0v) is 16.2. The smallest absolute Gasteiger partial charge is 0.355 e. The predicted molar refractivity (Wildman–Crippen MR) is 101 cm³/mol. The molecule has 0 bridgehead atoms. The molecule has 1 aliphatic heterocycles. The van der Waals surface area contributed by atoms with Crippen LogP contribution in [0, 0.1) is 0 Å². The molecular weight excluding hydrogens is 351 g/mol. The van der Waals surface area contributed by atoms with Crippen molar-refractivity contribution in [3.8, 4) is 0 Å². The Balaban J connectivity index is 2.08. The maximum Gasteiger partial charge on any atom is 0.416 e. The summed E-state index contributed by atoms with van der Waals surface area (Å²) >= 11 is 0. The van der Waals surface area contributed by atoms with E-state index >= 15 is 0 Å². The number of alkyl halides is 3. The fraction of sp³-hybridized carbons (Fsp3) is 0.455. The van der Waals surface area contributed by atoms with Crippen LogP contribution in [0.1, 0.15) is 48.9 Å². The Labute approximate surface area is 159 Å². The summed E-state index contributed by atoms with van der Waals surface area (Å²) in [5.41, 5.74) is 1.04. The fourth-order valence-corrected chi connectivity index (χ4v) is 4.02. The molecule has 0 spiro atoms. The van der Waals surface area contributed by atoms with Crippen molar-refractivity contribution in [3.63, 3.8) is 0 Å². The minimum absolute atomic E-state index is 0.503. The van der Waals surface area contributed by atoms with Gasteiger partial charge in [-0.2, -0.15) is 13.2 Å². The van der Waals surface area contributed by atoms with Crippen molar-refractivity contribution in [2.24, 2.45) is 0 Å². The quantitative estimate of drug-likeness (QED) is 0.677. The van der Waals surface area contributed by atoms with Crippen molar-refractivity contribution in [1.29, 1.82) is 0 Å². The first kappa shape index (κ1) is 19.9. The van der Waals surface area contributed by atoms with Gasteiger partial charge in [0.25, 0.3) is 0 Å². The molecule has 2 aromatic rings. The van der Waals surface area contributed by atoms with E-state index in [1.165, 1.54) is 0 Å². The normalized spacial score (nSPS) is 21.5. The van der Waals surface area contributed by atoms with Crippen molar-refractivity contribution in [2.75, 3.05) is 20.6 Å². The molecule has 0 aliphatic carbocycles. The van der Waals surface area contributed by atoms with E-state index < -0.39 is 22.9 Å². The molecule has 0 aromatic heterocycles. The van der Waals surface area contributed by atoms with Crippen LogP contribution in [-0.4, -0.2) is 25.5 Å². The van der Waals surface area contributed by atoms with E-state index in [0.717, 1.165) is 41.8 Å². The van der Waals surface area contributed by atoms with Crippen LogP contribution in [0.25, 0.3) is 0 Å². The molecule has 0 amide bonds. The van der Waals surface area contributed by atoms with Gasteiger partial charge in [-0.1, -0.05) is 36.4 Å². The van der Waals surface area contributed by atoms with Crippen LogP contribution in [0.2, 0.25) is 0 Å². The van der Waals surface area contributed by atoms with Crippen LogP contribution in [0.4, 0.5) is 13.2 Å². The minimum Gasteiger partial charge on any atom is -0.355 e. The number of hydrogen-bond donors (Lipinski definition) is 0. The number of hydrogen-bond acceptors (Lipinski definition) is 2. The van der Waals surface area contributed by atoms with Gasteiger partial charge in [-0.15, -0.1) is 0 Å². The lowest BCUT2D eigenvalue weighted by atomic mass is 9.80. The van der Waals surface area contributed by atoms with Crippen LogP contribution < -0.4 is 0 Å². The monoisotopic (exact) mass is 377 g/mol. The van der Waals surface area contributed by atoms with Crippen LogP contribution in [0.15, 0.2) is 48.5 Å². The van der Waals surface area contributed by atoms with Gasteiger partial charge in [-0.05, 0) is 76.2 Å². The van der Waals surface area contributed by atoms with Gasteiger partial charge in [-0.3, -0.25) is 0 Å². The number of ether oxygens (including phenoxy) is 1. The number of halogens is 3. The van der Waals surface area contributed by atoms with E-state index in [1.807, 2.05) is 52.2 Å². The van der Waals surface area contributed by atoms with Gasteiger partial charge < -0.3 is 9.64 Å². The Morgan fingerprint density at radius 2 is 1.52 bits per heavy atom. The van der Waals surface area contributed by atoms with Gasteiger partial charge in [0.1, 0.15) is 5.60 Å². The molecule has 1 heterocycles. The summed E-state index contributed by atoms with van der Waals surface area (Å²) in [6.07, 6.45) is -2.76. The maximum absolute atomic E-state index is 13.0. The van der Waals surface area contributed by atoms with E-state index in [2.05, 4.69) is 4.90 Å². The SMILES string of the molecule is CN(C)CCCC1(c2ccc(C(F)(F)F)cc2)OC(C)(C)c2ccccc21. The molecule has 2 nitrogen and oxygen atoms in total. The molecular formula is C22H26F3NO. The second kappa shape index (κ2) is 6.95. The highest BCUT2D eigenvalue weighted by atomic mass is 19.4. The second-order valence-electron chi connectivity index (χ2n) is 7.97. The van der Waals surface area contributed by atoms with E-state index in [0.29, 0.717) is 6.42 Å². The van der Waals surface area contributed by atoms with Gasteiger partial charge in [0, 0.05) is 0 Å². The lowest BCUT2D eigenvalue weighted by Crippen LogP contribution is -2.32. The Morgan fingerprint density at radius 3 is 2.07 bits per heavy atom. The summed E-state index contributed by atoms with van der Waals surface area (Å²) < 4.78 is 45.6.